The molecule has 0 aromatic heterocycles. The first kappa shape index (κ1) is 16.8. The number of amides is 1. The zero-order chi connectivity index (χ0) is 17.5. The highest BCUT2D eigenvalue weighted by atomic mass is 16.6. The van der Waals surface area contributed by atoms with Crippen LogP contribution in [-0.4, -0.2) is 36.2 Å². The van der Waals surface area contributed by atoms with E-state index in [9.17, 15) is 9.59 Å². The van der Waals surface area contributed by atoms with Gasteiger partial charge in [-0.15, -0.1) is 0 Å². The molecule has 1 atom stereocenters. The van der Waals surface area contributed by atoms with Gasteiger partial charge in [0.1, 0.15) is 5.60 Å². The molecule has 1 aromatic rings. The first-order valence-corrected chi connectivity index (χ1v) is 8.44. The van der Waals surface area contributed by atoms with Crippen LogP contribution >= 0.6 is 0 Å². The third kappa shape index (κ3) is 2.87. The van der Waals surface area contributed by atoms with Crippen molar-refractivity contribution in [2.75, 3.05) is 13.7 Å². The van der Waals surface area contributed by atoms with Crippen LogP contribution in [0.2, 0.25) is 0 Å². The summed E-state index contributed by atoms with van der Waals surface area (Å²) in [6.07, 6.45) is 3.21. The Bertz CT molecular complexity index is 640. The van der Waals surface area contributed by atoms with Gasteiger partial charge in [0.05, 0.1) is 18.7 Å². The van der Waals surface area contributed by atoms with Gasteiger partial charge in [0.2, 0.25) is 0 Å². The van der Waals surface area contributed by atoms with Gasteiger partial charge in [0, 0.05) is 12.0 Å². The lowest BCUT2D eigenvalue weighted by Crippen LogP contribution is -2.63. The molecule has 1 amide bonds. The lowest BCUT2D eigenvalue weighted by atomic mass is 9.56. The highest BCUT2D eigenvalue weighted by molar-refractivity contribution is 5.89. The summed E-state index contributed by atoms with van der Waals surface area (Å²) in [4.78, 5) is 25.9. The smallest absolute Gasteiger partial charge is 0.410 e. The van der Waals surface area contributed by atoms with Gasteiger partial charge in [-0.3, -0.25) is 4.90 Å². The fourth-order valence-corrected chi connectivity index (χ4v) is 3.74. The molecule has 0 radical (unpaired) electrons. The van der Waals surface area contributed by atoms with E-state index in [2.05, 4.69) is 0 Å². The standard InChI is InChI=1S/C19H25NO4/c1-18(2,3)24-17(22)20-12-19(10-5-11-19)15(20)13-6-8-14(9-7-13)16(21)23-4/h6-9,15H,5,10-12H2,1-4H3. The Hall–Kier alpha value is -2.04. The van der Waals surface area contributed by atoms with Crippen LogP contribution in [0.25, 0.3) is 0 Å². The first-order chi connectivity index (χ1) is 11.3. The molecule has 1 unspecified atom stereocenters. The zero-order valence-corrected chi connectivity index (χ0v) is 14.8. The van der Waals surface area contributed by atoms with Gasteiger partial charge in [-0.25, -0.2) is 9.59 Å². The Morgan fingerprint density at radius 2 is 1.79 bits per heavy atom. The molecule has 1 aliphatic heterocycles. The average molecular weight is 331 g/mol. The van der Waals surface area contributed by atoms with E-state index in [1.54, 1.807) is 12.1 Å². The number of carbonyl (C=O) groups excluding carboxylic acids is 2. The Kier molecular flexibility index (Phi) is 4.06. The number of ether oxygens (including phenoxy) is 2. The minimum absolute atomic E-state index is 0.0350. The predicted octanol–water partition coefficient (Wildman–Crippen LogP) is 3.94. The second-order valence-corrected chi connectivity index (χ2v) is 7.84. The van der Waals surface area contributed by atoms with Crippen molar-refractivity contribution in [2.24, 2.45) is 5.41 Å². The molecule has 1 spiro atoms. The third-order valence-corrected chi connectivity index (χ3v) is 5.00. The number of esters is 1. The molecule has 1 aromatic carbocycles. The third-order valence-electron chi connectivity index (χ3n) is 5.00. The molecule has 1 aliphatic carbocycles. The number of methoxy groups -OCH3 is 1. The van der Waals surface area contributed by atoms with Crippen molar-refractivity contribution in [1.82, 2.24) is 4.90 Å². The average Bonchev–Trinajstić information content (AvgIpc) is 2.43. The Labute approximate surface area is 142 Å². The predicted molar refractivity (Wildman–Crippen MR) is 89.7 cm³/mol. The molecular weight excluding hydrogens is 306 g/mol. The van der Waals surface area contributed by atoms with E-state index in [1.165, 1.54) is 13.5 Å². The monoisotopic (exact) mass is 331 g/mol. The zero-order valence-electron chi connectivity index (χ0n) is 14.8. The van der Waals surface area contributed by atoms with Gasteiger partial charge >= 0.3 is 12.1 Å². The largest absolute Gasteiger partial charge is 0.465 e. The molecule has 1 saturated carbocycles. The van der Waals surface area contributed by atoms with Crippen LogP contribution in [0.4, 0.5) is 4.79 Å². The van der Waals surface area contributed by atoms with E-state index in [4.69, 9.17) is 9.47 Å². The van der Waals surface area contributed by atoms with Gasteiger partial charge in [0.15, 0.2) is 0 Å². The molecule has 5 nitrogen and oxygen atoms in total. The van der Waals surface area contributed by atoms with Crippen LogP contribution in [0, 0.1) is 5.41 Å². The normalized spacial score (nSPS) is 21.7. The minimum atomic E-state index is -0.501. The van der Waals surface area contributed by atoms with Crippen molar-refractivity contribution >= 4 is 12.1 Å². The second-order valence-electron chi connectivity index (χ2n) is 7.84. The number of benzene rings is 1. The summed E-state index contributed by atoms with van der Waals surface area (Å²) in [5.74, 6) is -0.350. The van der Waals surface area contributed by atoms with Gasteiger partial charge in [0.25, 0.3) is 0 Å². The van der Waals surface area contributed by atoms with Gasteiger partial charge in [-0.05, 0) is 51.3 Å². The van der Waals surface area contributed by atoms with E-state index in [0.717, 1.165) is 24.9 Å². The van der Waals surface area contributed by atoms with Crippen LogP contribution in [0.3, 0.4) is 0 Å². The molecule has 24 heavy (non-hydrogen) atoms. The lowest BCUT2D eigenvalue weighted by Gasteiger charge is -2.62. The Morgan fingerprint density at radius 1 is 1.17 bits per heavy atom. The molecule has 2 aliphatic rings. The fraction of sp³-hybridized carbons (Fsp3) is 0.579. The number of carbonyl (C=O) groups is 2. The first-order valence-electron chi connectivity index (χ1n) is 8.44. The number of hydrogen-bond acceptors (Lipinski definition) is 4. The molecule has 130 valence electrons. The van der Waals surface area contributed by atoms with Crippen LogP contribution in [0.15, 0.2) is 24.3 Å². The number of likely N-dealkylation sites (tertiary alicyclic amines) is 1. The van der Waals surface area contributed by atoms with E-state index in [1.807, 2.05) is 37.8 Å². The number of nitrogens with zero attached hydrogens (tertiary/aromatic N) is 1. The van der Waals surface area contributed by atoms with Crippen molar-refractivity contribution in [1.29, 1.82) is 0 Å². The summed E-state index contributed by atoms with van der Waals surface area (Å²) in [6.45, 7) is 6.39. The van der Waals surface area contributed by atoms with Gasteiger partial charge in [-0.1, -0.05) is 18.6 Å². The maximum Gasteiger partial charge on any atom is 0.410 e. The van der Waals surface area contributed by atoms with Crippen molar-refractivity contribution in [3.8, 4) is 0 Å². The summed E-state index contributed by atoms with van der Waals surface area (Å²) in [5.41, 5.74) is 1.26. The molecular formula is C19H25NO4. The Morgan fingerprint density at radius 3 is 2.25 bits per heavy atom. The highest BCUT2D eigenvalue weighted by Crippen LogP contribution is 2.60. The van der Waals surface area contributed by atoms with Crippen LogP contribution in [-0.2, 0) is 9.47 Å². The van der Waals surface area contributed by atoms with Crippen molar-refractivity contribution in [2.45, 2.75) is 51.7 Å². The summed E-state index contributed by atoms with van der Waals surface area (Å²) >= 11 is 0. The molecule has 0 bridgehead atoms. The molecule has 0 N–H and O–H groups in total. The maximum atomic E-state index is 12.5. The molecule has 1 heterocycles. The molecule has 5 heteroatoms. The van der Waals surface area contributed by atoms with Crippen molar-refractivity contribution in [3.05, 3.63) is 35.4 Å². The van der Waals surface area contributed by atoms with Crippen LogP contribution < -0.4 is 0 Å². The quantitative estimate of drug-likeness (QED) is 0.770. The van der Waals surface area contributed by atoms with Gasteiger partial charge in [-0.2, -0.15) is 0 Å². The summed E-state index contributed by atoms with van der Waals surface area (Å²) < 4.78 is 10.3. The van der Waals surface area contributed by atoms with Crippen LogP contribution in [0.1, 0.15) is 62.0 Å². The van der Waals surface area contributed by atoms with E-state index in [-0.39, 0.29) is 23.5 Å². The van der Waals surface area contributed by atoms with E-state index >= 15 is 0 Å². The summed E-state index contributed by atoms with van der Waals surface area (Å²) in [6, 6.07) is 7.41. The second kappa shape index (κ2) is 5.80. The fourth-order valence-electron chi connectivity index (χ4n) is 3.74. The summed E-state index contributed by atoms with van der Waals surface area (Å²) in [5, 5.41) is 0. The topological polar surface area (TPSA) is 55.8 Å². The van der Waals surface area contributed by atoms with Crippen molar-refractivity contribution < 1.29 is 19.1 Å². The SMILES string of the molecule is COC(=O)c1ccc(C2N(C(=O)OC(C)(C)C)CC23CCC3)cc1. The van der Waals surface area contributed by atoms with E-state index < -0.39 is 5.60 Å². The molecule has 3 rings (SSSR count). The minimum Gasteiger partial charge on any atom is -0.465 e. The van der Waals surface area contributed by atoms with Gasteiger partial charge < -0.3 is 9.47 Å². The van der Waals surface area contributed by atoms with E-state index in [0.29, 0.717) is 5.56 Å². The maximum absolute atomic E-state index is 12.5. The highest BCUT2D eigenvalue weighted by Gasteiger charge is 2.58. The Balaban J connectivity index is 1.81. The number of hydrogen-bond donors (Lipinski definition) is 0. The number of rotatable bonds is 2. The summed E-state index contributed by atoms with van der Waals surface area (Å²) in [7, 11) is 1.37. The van der Waals surface area contributed by atoms with Crippen LogP contribution in [0.5, 0.6) is 0 Å². The van der Waals surface area contributed by atoms with Crippen molar-refractivity contribution in [3.63, 3.8) is 0 Å². The molecule has 1 saturated heterocycles. The molecule has 2 fully saturated rings. The lowest BCUT2D eigenvalue weighted by molar-refractivity contribution is -0.124.